The normalized spacial score (nSPS) is 10.4. The summed E-state index contributed by atoms with van der Waals surface area (Å²) in [5.41, 5.74) is 2.84. The fourth-order valence-electron chi connectivity index (χ4n) is 2.46. The molecule has 0 aliphatic rings. The van der Waals surface area contributed by atoms with Crippen LogP contribution < -0.4 is 16.0 Å². The molecule has 0 saturated carbocycles. The molecule has 0 aliphatic carbocycles. The lowest BCUT2D eigenvalue weighted by Crippen LogP contribution is -2.34. The van der Waals surface area contributed by atoms with Crippen LogP contribution in [0.3, 0.4) is 0 Å². The van der Waals surface area contributed by atoms with Gasteiger partial charge in [0, 0.05) is 23.8 Å². The van der Waals surface area contributed by atoms with Crippen LogP contribution in [0.5, 0.6) is 0 Å². The Hall–Kier alpha value is -2.57. The number of halogens is 1. The van der Waals surface area contributed by atoms with Crippen molar-refractivity contribution in [3.63, 3.8) is 0 Å². The Morgan fingerprint density at radius 1 is 1.07 bits per heavy atom. The first kappa shape index (κ1) is 21.7. The van der Waals surface area contributed by atoms with Crippen molar-refractivity contribution in [2.75, 3.05) is 25.0 Å². The minimum absolute atomic E-state index is 0.118. The molecule has 28 heavy (non-hydrogen) atoms. The highest BCUT2D eigenvalue weighted by atomic mass is 35.5. The van der Waals surface area contributed by atoms with E-state index in [1.807, 2.05) is 48.5 Å². The Morgan fingerprint density at radius 2 is 1.82 bits per heavy atom. The summed E-state index contributed by atoms with van der Waals surface area (Å²) < 4.78 is 5.10. The number of ether oxygens (including phenoxy) is 1. The highest BCUT2D eigenvalue weighted by molar-refractivity contribution is 6.31. The van der Waals surface area contributed by atoms with Gasteiger partial charge in [-0.2, -0.15) is 0 Å². The molecule has 0 heterocycles. The minimum Gasteiger partial charge on any atom is -0.449 e. The molecule has 0 radical (unpaired) electrons. The Balaban J connectivity index is 1.52. The standard InChI is InChI=1S/C21H26ClN3O3/c1-2-16-8-10-18(11-9-16)25-21(27)28-13-5-12-24-20(26)15-23-14-17-6-3-4-7-19(17)22/h3-4,6-11,23H,2,5,12-15H2,1H3,(H,24,26)(H,25,27). The number of aryl methyl sites for hydroxylation is 1. The fourth-order valence-corrected chi connectivity index (χ4v) is 2.66. The molecule has 0 spiro atoms. The van der Waals surface area contributed by atoms with Gasteiger partial charge in [0.1, 0.15) is 0 Å². The zero-order valence-corrected chi connectivity index (χ0v) is 16.7. The number of amides is 2. The van der Waals surface area contributed by atoms with Gasteiger partial charge in [-0.1, -0.05) is 48.9 Å². The van der Waals surface area contributed by atoms with Crippen molar-refractivity contribution in [3.8, 4) is 0 Å². The molecular weight excluding hydrogens is 378 g/mol. The quantitative estimate of drug-likeness (QED) is 0.528. The number of hydrogen-bond donors (Lipinski definition) is 3. The second kappa shape index (κ2) is 12.0. The van der Waals surface area contributed by atoms with Gasteiger partial charge in [-0.3, -0.25) is 10.1 Å². The lowest BCUT2D eigenvalue weighted by atomic mass is 10.1. The van der Waals surface area contributed by atoms with Crippen molar-refractivity contribution in [1.82, 2.24) is 10.6 Å². The van der Waals surface area contributed by atoms with Gasteiger partial charge >= 0.3 is 6.09 Å². The van der Waals surface area contributed by atoms with Crippen LogP contribution in [-0.4, -0.2) is 31.7 Å². The molecule has 6 nitrogen and oxygen atoms in total. The Kier molecular flexibility index (Phi) is 9.31. The molecule has 0 fully saturated rings. The number of carbonyl (C=O) groups is 2. The van der Waals surface area contributed by atoms with E-state index in [0.29, 0.717) is 30.2 Å². The number of carbonyl (C=O) groups excluding carboxylic acids is 2. The molecule has 2 rings (SSSR count). The summed E-state index contributed by atoms with van der Waals surface area (Å²) >= 11 is 6.06. The first-order valence-electron chi connectivity index (χ1n) is 9.32. The van der Waals surface area contributed by atoms with E-state index >= 15 is 0 Å². The lowest BCUT2D eigenvalue weighted by molar-refractivity contribution is -0.120. The van der Waals surface area contributed by atoms with Crippen molar-refractivity contribution in [2.45, 2.75) is 26.3 Å². The second-order valence-corrected chi connectivity index (χ2v) is 6.62. The molecule has 2 aromatic carbocycles. The summed E-state index contributed by atoms with van der Waals surface area (Å²) in [6.45, 7) is 3.46. The zero-order valence-electron chi connectivity index (χ0n) is 16.0. The van der Waals surface area contributed by atoms with Crippen LogP contribution in [0.15, 0.2) is 48.5 Å². The number of nitrogens with one attached hydrogen (secondary N) is 3. The predicted octanol–water partition coefficient (Wildman–Crippen LogP) is 3.75. The summed E-state index contributed by atoms with van der Waals surface area (Å²) in [5.74, 6) is -0.118. The van der Waals surface area contributed by atoms with Crippen molar-refractivity contribution >= 4 is 29.3 Å². The summed E-state index contributed by atoms with van der Waals surface area (Å²) in [4.78, 5) is 23.5. The van der Waals surface area contributed by atoms with Crippen LogP contribution >= 0.6 is 11.6 Å². The number of anilines is 1. The number of rotatable bonds is 10. The van der Waals surface area contributed by atoms with Gasteiger partial charge in [0.25, 0.3) is 0 Å². The summed E-state index contributed by atoms with van der Waals surface area (Å²) in [7, 11) is 0. The molecule has 150 valence electrons. The van der Waals surface area contributed by atoms with Crippen molar-refractivity contribution in [2.24, 2.45) is 0 Å². The van der Waals surface area contributed by atoms with Gasteiger partial charge in [-0.15, -0.1) is 0 Å². The van der Waals surface area contributed by atoms with Gasteiger partial charge in [0.2, 0.25) is 5.91 Å². The molecule has 0 atom stereocenters. The predicted molar refractivity (Wildman–Crippen MR) is 112 cm³/mol. The number of hydrogen-bond acceptors (Lipinski definition) is 4. The van der Waals surface area contributed by atoms with Crippen molar-refractivity contribution in [3.05, 3.63) is 64.7 Å². The monoisotopic (exact) mass is 403 g/mol. The second-order valence-electron chi connectivity index (χ2n) is 6.21. The zero-order chi connectivity index (χ0) is 20.2. The third-order valence-electron chi connectivity index (χ3n) is 4.04. The SMILES string of the molecule is CCc1ccc(NC(=O)OCCCNC(=O)CNCc2ccccc2Cl)cc1. The summed E-state index contributed by atoms with van der Waals surface area (Å²) in [6.07, 6.45) is 0.988. The summed E-state index contributed by atoms with van der Waals surface area (Å²) in [5, 5.41) is 9.16. The Bertz CT molecular complexity index is 766. The molecule has 0 unspecified atom stereocenters. The van der Waals surface area contributed by atoms with Crippen molar-refractivity contribution < 1.29 is 14.3 Å². The number of benzene rings is 2. The summed E-state index contributed by atoms with van der Waals surface area (Å²) in [6, 6.07) is 15.1. The van der Waals surface area contributed by atoms with Gasteiger partial charge < -0.3 is 15.4 Å². The average molecular weight is 404 g/mol. The van der Waals surface area contributed by atoms with Crippen LogP contribution in [0, 0.1) is 0 Å². The molecule has 0 saturated heterocycles. The van der Waals surface area contributed by atoms with E-state index in [0.717, 1.165) is 12.0 Å². The third-order valence-corrected chi connectivity index (χ3v) is 4.41. The maximum atomic E-state index is 11.8. The Labute approximate surface area is 170 Å². The maximum absolute atomic E-state index is 11.8. The van der Waals surface area contributed by atoms with Crippen LogP contribution in [0.25, 0.3) is 0 Å². The van der Waals surface area contributed by atoms with E-state index in [9.17, 15) is 9.59 Å². The van der Waals surface area contributed by atoms with Gasteiger partial charge in [0.05, 0.1) is 13.2 Å². The highest BCUT2D eigenvalue weighted by Gasteiger charge is 2.05. The highest BCUT2D eigenvalue weighted by Crippen LogP contribution is 2.14. The first-order valence-corrected chi connectivity index (χ1v) is 9.70. The maximum Gasteiger partial charge on any atom is 0.411 e. The largest absolute Gasteiger partial charge is 0.449 e. The Morgan fingerprint density at radius 3 is 2.54 bits per heavy atom. The van der Waals surface area contributed by atoms with Gasteiger partial charge in [-0.05, 0) is 42.2 Å². The topological polar surface area (TPSA) is 79.5 Å². The molecule has 7 heteroatoms. The van der Waals surface area contributed by atoms with Crippen LogP contribution in [0.2, 0.25) is 5.02 Å². The van der Waals surface area contributed by atoms with Crippen LogP contribution in [0.4, 0.5) is 10.5 Å². The smallest absolute Gasteiger partial charge is 0.411 e. The van der Waals surface area contributed by atoms with Crippen LogP contribution in [0.1, 0.15) is 24.5 Å². The molecule has 2 aromatic rings. The molecule has 0 bridgehead atoms. The molecular formula is C21H26ClN3O3. The van der Waals surface area contributed by atoms with E-state index in [-0.39, 0.29) is 19.1 Å². The van der Waals surface area contributed by atoms with Gasteiger partial charge in [0.15, 0.2) is 0 Å². The van der Waals surface area contributed by atoms with Crippen molar-refractivity contribution in [1.29, 1.82) is 0 Å². The van der Waals surface area contributed by atoms with Gasteiger partial charge in [-0.25, -0.2) is 4.79 Å². The molecule has 0 aliphatic heterocycles. The fraction of sp³-hybridized carbons (Fsp3) is 0.333. The molecule has 3 N–H and O–H groups in total. The minimum atomic E-state index is -0.503. The molecule has 2 amide bonds. The average Bonchev–Trinajstić information content (AvgIpc) is 2.70. The van der Waals surface area contributed by atoms with E-state index in [4.69, 9.17) is 16.3 Å². The van der Waals surface area contributed by atoms with E-state index < -0.39 is 6.09 Å². The lowest BCUT2D eigenvalue weighted by Gasteiger charge is -2.09. The van der Waals surface area contributed by atoms with E-state index in [1.54, 1.807) is 0 Å². The third kappa shape index (κ3) is 7.98. The molecule has 0 aromatic heterocycles. The van der Waals surface area contributed by atoms with E-state index in [2.05, 4.69) is 22.9 Å². The van der Waals surface area contributed by atoms with E-state index in [1.165, 1.54) is 5.56 Å². The first-order chi connectivity index (χ1) is 13.6. The van der Waals surface area contributed by atoms with Crippen LogP contribution in [-0.2, 0) is 22.5 Å².